The zero-order valence-electron chi connectivity index (χ0n) is 6.63. The van der Waals surface area contributed by atoms with Crippen LogP contribution in [0.3, 0.4) is 0 Å². The topological polar surface area (TPSA) is 21.3 Å². The Kier molecular flexibility index (Phi) is 8.00. The van der Waals surface area contributed by atoms with Crippen molar-refractivity contribution in [2.45, 2.75) is 13.3 Å². The van der Waals surface area contributed by atoms with E-state index in [1.807, 2.05) is 0 Å². The minimum absolute atomic E-state index is 0.665. The highest BCUT2D eigenvalue weighted by molar-refractivity contribution is 8.19. The summed E-state index contributed by atoms with van der Waals surface area (Å²) in [5, 5.41) is 2.94. The van der Waals surface area contributed by atoms with Gasteiger partial charge < -0.3 is 9.50 Å². The fraction of sp³-hybridized carbons (Fsp3) is 0.571. The molecule has 2 nitrogen and oxygen atoms in total. The molecule has 0 aromatic heterocycles. The highest BCUT2D eigenvalue weighted by atomic mass is 32.2. The van der Waals surface area contributed by atoms with Crippen LogP contribution in [-0.2, 0) is 4.18 Å². The van der Waals surface area contributed by atoms with Gasteiger partial charge in [0, 0.05) is 6.54 Å². The maximum Gasteiger partial charge on any atom is 0.161 e. The van der Waals surface area contributed by atoms with Gasteiger partial charge in [0.1, 0.15) is 0 Å². The van der Waals surface area contributed by atoms with E-state index in [1.54, 1.807) is 6.08 Å². The van der Waals surface area contributed by atoms with Crippen LogP contribution in [0.2, 0.25) is 0 Å². The normalized spacial score (nSPS) is 9.18. The van der Waals surface area contributed by atoms with E-state index >= 15 is 0 Å². The van der Waals surface area contributed by atoms with Gasteiger partial charge >= 0.3 is 0 Å². The highest BCUT2D eigenvalue weighted by Crippen LogP contribution is 2.03. The molecule has 0 heterocycles. The van der Waals surface area contributed by atoms with Gasteiger partial charge in [0.15, 0.2) is 4.32 Å². The Balaban J connectivity index is 3.15. The molecule has 0 aliphatic rings. The van der Waals surface area contributed by atoms with Crippen LogP contribution in [0, 0.1) is 0 Å². The van der Waals surface area contributed by atoms with Crippen LogP contribution in [0.1, 0.15) is 13.3 Å². The van der Waals surface area contributed by atoms with Crippen LogP contribution in [-0.4, -0.2) is 17.5 Å². The molecule has 0 aliphatic heterocycles. The van der Waals surface area contributed by atoms with E-state index in [9.17, 15) is 0 Å². The number of rotatable bonds is 5. The van der Waals surface area contributed by atoms with Crippen molar-refractivity contribution in [3.8, 4) is 0 Å². The van der Waals surface area contributed by atoms with Crippen molar-refractivity contribution in [2.75, 3.05) is 13.2 Å². The summed E-state index contributed by atoms with van der Waals surface area (Å²) >= 11 is 6.13. The summed E-state index contributed by atoms with van der Waals surface area (Å²) in [6, 6.07) is 0. The van der Waals surface area contributed by atoms with E-state index < -0.39 is 0 Å². The molecule has 1 N–H and O–H groups in total. The molecule has 0 spiro atoms. The van der Waals surface area contributed by atoms with Crippen molar-refractivity contribution in [3.63, 3.8) is 0 Å². The molecule has 0 radical (unpaired) electrons. The molecular weight excluding hydrogens is 178 g/mol. The molecule has 0 amide bonds. The van der Waals surface area contributed by atoms with Crippen LogP contribution < -0.4 is 5.32 Å². The fourth-order valence-corrected chi connectivity index (χ4v) is 1.09. The van der Waals surface area contributed by atoms with Crippen molar-refractivity contribution in [1.29, 1.82) is 0 Å². The van der Waals surface area contributed by atoms with Gasteiger partial charge in [0.2, 0.25) is 0 Å². The monoisotopic (exact) mass is 191 g/mol. The molecular formula is C7H13NOS2. The smallest absolute Gasteiger partial charge is 0.161 e. The zero-order valence-corrected chi connectivity index (χ0v) is 8.26. The summed E-state index contributed by atoms with van der Waals surface area (Å²) in [4.78, 5) is 0. The molecule has 0 aromatic rings. The van der Waals surface area contributed by atoms with Gasteiger partial charge in [-0.2, -0.15) is 0 Å². The first-order valence-electron chi connectivity index (χ1n) is 3.49. The molecule has 0 unspecified atom stereocenters. The predicted octanol–water partition coefficient (Wildman–Crippen LogP) is 2.12. The Labute approximate surface area is 77.6 Å². The first kappa shape index (κ1) is 10.9. The lowest BCUT2D eigenvalue weighted by Gasteiger charge is -2.02. The van der Waals surface area contributed by atoms with Crippen molar-refractivity contribution < 1.29 is 4.18 Å². The molecule has 11 heavy (non-hydrogen) atoms. The lowest BCUT2D eigenvalue weighted by Crippen LogP contribution is -2.18. The fourth-order valence-electron chi connectivity index (χ4n) is 0.363. The quantitative estimate of drug-likeness (QED) is 0.311. The summed E-state index contributed by atoms with van der Waals surface area (Å²) in [6.45, 7) is 7.05. The second kappa shape index (κ2) is 8.04. The Morgan fingerprint density at radius 1 is 1.82 bits per heavy atom. The van der Waals surface area contributed by atoms with Crippen molar-refractivity contribution in [1.82, 2.24) is 5.32 Å². The Bertz CT molecular complexity index is 128. The van der Waals surface area contributed by atoms with E-state index in [0.717, 1.165) is 13.0 Å². The van der Waals surface area contributed by atoms with Gasteiger partial charge in [-0.1, -0.05) is 25.2 Å². The lowest BCUT2D eigenvalue weighted by atomic mass is 10.5. The minimum atomic E-state index is 0.665. The van der Waals surface area contributed by atoms with Gasteiger partial charge in [0.05, 0.1) is 18.6 Å². The highest BCUT2D eigenvalue weighted by Gasteiger charge is 1.94. The van der Waals surface area contributed by atoms with Gasteiger partial charge in [-0.25, -0.2) is 0 Å². The average molecular weight is 191 g/mol. The molecule has 4 heteroatoms. The first-order valence-corrected chi connectivity index (χ1v) is 4.64. The van der Waals surface area contributed by atoms with E-state index in [0.29, 0.717) is 10.9 Å². The summed E-state index contributed by atoms with van der Waals surface area (Å²) in [5.41, 5.74) is 0. The molecule has 0 bridgehead atoms. The summed E-state index contributed by atoms with van der Waals surface area (Å²) in [5.74, 6) is 0. The standard InChI is InChI=1S/C7H13NOS2/c1-3-5-8-7(10)11-9-6-4-2/h3H,1,4-6H2,2H3,(H,8,10). The van der Waals surface area contributed by atoms with Crippen LogP contribution in [0.25, 0.3) is 0 Å². The van der Waals surface area contributed by atoms with E-state index in [4.69, 9.17) is 16.4 Å². The van der Waals surface area contributed by atoms with Crippen LogP contribution >= 0.6 is 24.3 Å². The summed E-state index contributed by atoms with van der Waals surface area (Å²) in [6.07, 6.45) is 2.77. The second-order valence-corrected chi connectivity index (χ2v) is 3.34. The molecule has 0 rings (SSSR count). The third-order valence-corrected chi connectivity index (χ3v) is 1.74. The Morgan fingerprint density at radius 2 is 2.55 bits per heavy atom. The molecule has 0 saturated carbocycles. The van der Waals surface area contributed by atoms with Crippen molar-refractivity contribution in [2.24, 2.45) is 0 Å². The molecule has 0 aliphatic carbocycles. The summed E-state index contributed by atoms with van der Waals surface area (Å²) in [7, 11) is 0. The lowest BCUT2D eigenvalue weighted by molar-refractivity contribution is 0.377. The van der Waals surface area contributed by atoms with E-state index in [2.05, 4.69) is 18.8 Å². The second-order valence-electron chi connectivity index (χ2n) is 1.86. The number of nitrogens with one attached hydrogen (secondary N) is 1. The number of hydrogen-bond acceptors (Lipinski definition) is 3. The van der Waals surface area contributed by atoms with Gasteiger partial charge in [-0.3, -0.25) is 0 Å². The number of thiocarbonyl (C=S) groups is 1. The summed E-state index contributed by atoms with van der Waals surface area (Å²) < 4.78 is 5.79. The van der Waals surface area contributed by atoms with Gasteiger partial charge in [-0.05, 0) is 6.42 Å². The van der Waals surface area contributed by atoms with Crippen LogP contribution in [0.15, 0.2) is 12.7 Å². The molecule has 0 atom stereocenters. The van der Waals surface area contributed by atoms with Crippen LogP contribution in [0.4, 0.5) is 0 Å². The van der Waals surface area contributed by atoms with E-state index in [1.165, 1.54) is 12.0 Å². The maximum atomic E-state index is 5.12. The molecule has 64 valence electrons. The largest absolute Gasteiger partial charge is 0.366 e. The Morgan fingerprint density at radius 3 is 3.09 bits per heavy atom. The minimum Gasteiger partial charge on any atom is -0.366 e. The molecule has 0 fully saturated rings. The first-order chi connectivity index (χ1) is 5.31. The predicted molar refractivity (Wildman–Crippen MR) is 54.6 cm³/mol. The zero-order chi connectivity index (χ0) is 8.53. The third-order valence-electron chi connectivity index (χ3n) is 0.813. The Hall–Kier alpha value is -0.0600. The number of hydrogen-bond donors (Lipinski definition) is 1. The van der Waals surface area contributed by atoms with Gasteiger partial charge in [-0.15, -0.1) is 6.58 Å². The SMILES string of the molecule is C=CCNC(=S)SOCCC. The average Bonchev–Trinajstić information content (AvgIpc) is 2.01. The van der Waals surface area contributed by atoms with Gasteiger partial charge in [0.25, 0.3) is 0 Å². The maximum absolute atomic E-state index is 5.12. The third kappa shape index (κ3) is 7.84. The molecule has 0 aromatic carbocycles. The van der Waals surface area contributed by atoms with E-state index in [-0.39, 0.29) is 0 Å². The van der Waals surface area contributed by atoms with Crippen molar-refractivity contribution in [3.05, 3.63) is 12.7 Å². The molecule has 0 saturated heterocycles. The van der Waals surface area contributed by atoms with Crippen molar-refractivity contribution >= 4 is 28.6 Å². The van der Waals surface area contributed by atoms with Crippen LogP contribution in [0.5, 0.6) is 0 Å².